The maximum atomic E-state index is 9.41. The Morgan fingerprint density at radius 2 is 1.04 bits per heavy atom. The highest BCUT2D eigenvalue weighted by Crippen LogP contribution is 2.35. The van der Waals surface area contributed by atoms with E-state index in [1.165, 1.54) is 0 Å². The summed E-state index contributed by atoms with van der Waals surface area (Å²) in [5.41, 5.74) is -1.17. The molecule has 0 spiro atoms. The van der Waals surface area contributed by atoms with E-state index >= 15 is 0 Å². The predicted octanol–water partition coefficient (Wildman–Crippen LogP) is 10.2. The molecule has 6 heteroatoms. The quantitative estimate of drug-likeness (QED) is 0.191. The third-order valence-corrected chi connectivity index (χ3v) is 8.10. The molecule has 3 aromatic heterocycles. The molecule has 0 unspecified atom stereocenters. The summed E-state index contributed by atoms with van der Waals surface area (Å²) in [6.45, 7) is 0. The van der Waals surface area contributed by atoms with Crippen molar-refractivity contribution in [2.45, 2.75) is 0 Å². The Bertz CT molecular complexity index is 3370. The first-order chi connectivity index (χ1) is 29.9. The van der Waals surface area contributed by atoms with E-state index in [1.807, 2.05) is 24.3 Å². The highest BCUT2D eigenvalue weighted by atomic mass is 32.1. The standard InChI is InChI=1S/C40H25N5S/c1-3-11-26(12-4-1)27-19-21-28(22-20-27)37-42-38(30-23-24-33-36(25-30)46-39(41-33)29-13-5-2-6-14-29)44-40(43-37)45-34-17-9-7-15-31(34)32-16-8-10-18-35(32)45/h1-25H/i1D,2D,3D,4D,5D,6D,11D,12D,13D,14D,19D,20D,21D,22D,23D,24D,25D. The molecule has 3 heterocycles. The van der Waals surface area contributed by atoms with Crippen molar-refractivity contribution in [3.8, 4) is 50.4 Å². The summed E-state index contributed by atoms with van der Waals surface area (Å²) >= 11 is 0.755. The van der Waals surface area contributed by atoms with Gasteiger partial charge in [-0.1, -0.05) is 121 Å². The van der Waals surface area contributed by atoms with Crippen LogP contribution >= 0.6 is 11.3 Å². The molecule has 0 atom stereocenters. The Balaban J connectivity index is 1.36. The molecule has 0 amide bonds. The molecule has 46 heavy (non-hydrogen) atoms. The topological polar surface area (TPSA) is 56.5 Å². The second kappa shape index (κ2) is 10.9. The van der Waals surface area contributed by atoms with Crippen LogP contribution < -0.4 is 0 Å². The molecule has 0 aliphatic carbocycles. The summed E-state index contributed by atoms with van der Waals surface area (Å²) in [6, 6.07) is 3.35. The monoisotopic (exact) mass is 624 g/mol. The zero-order chi connectivity index (χ0) is 45.2. The number of thiazole rings is 1. The number of nitrogens with zero attached hydrogens (tertiary/aromatic N) is 5. The molecule has 0 aliphatic rings. The SMILES string of the molecule is [2H]c1c([2H])c([2H])c(-c2nc3c([2H])c([2H])c(-c4nc(-c5c([2H])c([2H])c(-c6c([2H])c([2H])c([2H])c([2H])c6[2H])c([2H])c5[2H])nc(-n5c6ccccc6c6ccccc65)n4)c([2H])c3s2)c([2H])c1[2H]. The molecule has 0 fully saturated rings. The minimum atomic E-state index is -0.771. The second-order valence-electron chi connectivity index (χ2n) is 9.85. The number of benzene rings is 6. The number of hydrogen-bond donors (Lipinski definition) is 0. The fraction of sp³-hybridized carbons (Fsp3) is 0. The van der Waals surface area contributed by atoms with Crippen LogP contribution in [0.4, 0.5) is 0 Å². The highest BCUT2D eigenvalue weighted by Gasteiger charge is 2.18. The zero-order valence-corrected chi connectivity index (χ0v) is 24.1. The first-order valence-corrected chi connectivity index (χ1v) is 14.6. The van der Waals surface area contributed by atoms with Crippen LogP contribution in [0.1, 0.15) is 23.3 Å². The minimum Gasteiger partial charge on any atom is -0.278 e. The van der Waals surface area contributed by atoms with E-state index in [-0.39, 0.29) is 32.3 Å². The Hall–Kier alpha value is -5.98. The molecule has 6 aromatic carbocycles. The Kier molecular flexibility index (Phi) is 3.41. The lowest BCUT2D eigenvalue weighted by molar-refractivity contribution is 0.954. The van der Waals surface area contributed by atoms with Crippen LogP contribution in [0.15, 0.2) is 151 Å². The van der Waals surface area contributed by atoms with Gasteiger partial charge in [0.2, 0.25) is 5.95 Å². The summed E-state index contributed by atoms with van der Waals surface area (Å²) in [5.74, 6) is -1.00. The summed E-state index contributed by atoms with van der Waals surface area (Å²) in [4.78, 5) is 18.4. The summed E-state index contributed by atoms with van der Waals surface area (Å²) in [7, 11) is 0. The van der Waals surface area contributed by atoms with Crippen LogP contribution in [0, 0.1) is 0 Å². The van der Waals surface area contributed by atoms with E-state index in [9.17, 15) is 5.48 Å². The molecule has 0 radical (unpaired) electrons. The fourth-order valence-electron chi connectivity index (χ4n) is 5.08. The van der Waals surface area contributed by atoms with Crippen LogP contribution in [-0.4, -0.2) is 24.5 Å². The summed E-state index contributed by atoms with van der Waals surface area (Å²) in [6.07, 6.45) is 0. The van der Waals surface area contributed by atoms with Gasteiger partial charge < -0.3 is 0 Å². The van der Waals surface area contributed by atoms with E-state index < -0.39 is 131 Å². The molecule has 216 valence electrons. The number of hydrogen-bond acceptors (Lipinski definition) is 5. The molecule has 0 N–H and O–H groups in total. The van der Waals surface area contributed by atoms with Gasteiger partial charge in [0.1, 0.15) is 5.01 Å². The fourth-order valence-corrected chi connectivity index (χ4v) is 5.96. The van der Waals surface area contributed by atoms with Gasteiger partial charge in [0.25, 0.3) is 0 Å². The van der Waals surface area contributed by atoms with Gasteiger partial charge in [-0.25, -0.2) is 9.97 Å². The van der Waals surface area contributed by atoms with E-state index in [0.717, 1.165) is 22.1 Å². The van der Waals surface area contributed by atoms with E-state index in [4.69, 9.17) is 22.8 Å². The normalized spacial score (nSPS) is 16.7. The van der Waals surface area contributed by atoms with Crippen molar-refractivity contribution < 1.29 is 23.3 Å². The predicted molar refractivity (Wildman–Crippen MR) is 189 cm³/mol. The van der Waals surface area contributed by atoms with Crippen molar-refractivity contribution in [3.05, 3.63) is 151 Å². The zero-order valence-electron chi connectivity index (χ0n) is 40.3. The minimum absolute atomic E-state index is 0.0135. The number of para-hydroxylation sites is 2. The molecular weight excluding hydrogens is 583 g/mol. The van der Waals surface area contributed by atoms with Crippen molar-refractivity contribution >= 4 is 43.4 Å². The Labute approximate surface area is 293 Å². The molecule has 0 bridgehead atoms. The van der Waals surface area contributed by atoms with Crippen molar-refractivity contribution in [2.24, 2.45) is 0 Å². The average Bonchev–Trinajstić information content (AvgIpc) is 3.87. The van der Waals surface area contributed by atoms with E-state index in [0.29, 0.717) is 11.0 Å². The van der Waals surface area contributed by atoms with Gasteiger partial charge in [-0.3, -0.25) is 4.57 Å². The highest BCUT2D eigenvalue weighted by molar-refractivity contribution is 7.21. The van der Waals surface area contributed by atoms with Gasteiger partial charge in [0.15, 0.2) is 11.6 Å². The molecule has 0 saturated carbocycles. The van der Waals surface area contributed by atoms with Gasteiger partial charge in [-0.15, -0.1) is 11.3 Å². The molecular formula is C40H25N5S. The number of fused-ring (bicyclic) bond motifs is 4. The van der Waals surface area contributed by atoms with Crippen molar-refractivity contribution in [1.82, 2.24) is 24.5 Å². The molecule has 0 saturated heterocycles. The molecule has 9 rings (SSSR count). The average molecular weight is 625 g/mol. The third kappa shape index (κ3) is 4.55. The van der Waals surface area contributed by atoms with E-state index in [2.05, 4.69) is 15.0 Å². The van der Waals surface area contributed by atoms with Crippen molar-refractivity contribution in [2.75, 3.05) is 0 Å². The number of rotatable bonds is 5. The van der Waals surface area contributed by atoms with Gasteiger partial charge in [0.05, 0.1) is 44.6 Å². The maximum Gasteiger partial charge on any atom is 0.238 e. The molecule has 9 aromatic rings. The van der Waals surface area contributed by atoms with Gasteiger partial charge in [-0.05, 0) is 41.4 Å². The van der Waals surface area contributed by atoms with Crippen LogP contribution in [0.5, 0.6) is 0 Å². The first-order valence-electron chi connectivity index (χ1n) is 22.3. The maximum absolute atomic E-state index is 9.41. The van der Waals surface area contributed by atoms with Gasteiger partial charge in [-0.2, -0.15) is 9.97 Å². The van der Waals surface area contributed by atoms with Crippen LogP contribution in [0.2, 0.25) is 0 Å². The van der Waals surface area contributed by atoms with Crippen LogP contribution in [0.25, 0.3) is 82.4 Å². The molecule has 5 nitrogen and oxygen atoms in total. The van der Waals surface area contributed by atoms with Gasteiger partial charge in [0, 0.05) is 27.5 Å². The Morgan fingerprint density at radius 1 is 0.500 bits per heavy atom. The summed E-state index contributed by atoms with van der Waals surface area (Å²) in [5, 5.41) is 1.46. The lowest BCUT2D eigenvalue weighted by Crippen LogP contribution is -2.06. The van der Waals surface area contributed by atoms with Crippen molar-refractivity contribution in [3.63, 3.8) is 0 Å². The number of aromatic nitrogens is 5. The largest absolute Gasteiger partial charge is 0.278 e. The van der Waals surface area contributed by atoms with E-state index in [1.54, 1.807) is 28.8 Å². The van der Waals surface area contributed by atoms with Crippen LogP contribution in [0.3, 0.4) is 0 Å². The van der Waals surface area contributed by atoms with Crippen LogP contribution in [-0.2, 0) is 0 Å². The van der Waals surface area contributed by atoms with Crippen molar-refractivity contribution in [1.29, 1.82) is 0 Å². The molecule has 0 aliphatic heterocycles. The lowest BCUT2D eigenvalue weighted by Gasteiger charge is -2.11. The Morgan fingerprint density at radius 3 is 1.72 bits per heavy atom. The van der Waals surface area contributed by atoms with Gasteiger partial charge >= 0.3 is 0 Å². The third-order valence-electron chi connectivity index (χ3n) is 7.11. The smallest absolute Gasteiger partial charge is 0.238 e. The first kappa shape index (κ1) is 14.4. The second-order valence-corrected chi connectivity index (χ2v) is 10.8. The summed E-state index contributed by atoms with van der Waals surface area (Å²) < 4.78 is 148. The lowest BCUT2D eigenvalue weighted by atomic mass is 10.0.